The minimum atomic E-state index is -4.23. The van der Waals surface area contributed by atoms with E-state index in [0.717, 1.165) is 0 Å². The van der Waals surface area contributed by atoms with E-state index in [1.54, 1.807) is 12.2 Å². The molecule has 0 fully saturated rings. The molecule has 1 rings (SSSR count). The standard InChI is InChI=1S/C5H7N2O3P/c8-11(9,10)5-6-3-1-2-4-7-5/h1-4H,(H,6,7)(H2,8,9,10). The molecule has 1 aliphatic heterocycles. The van der Waals surface area contributed by atoms with E-state index in [4.69, 9.17) is 9.79 Å². The Labute approximate surface area is 63.3 Å². The molecule has 0 saturated carbocycles. The number of nitrogens with one attached hydrogen (secondary N) is 1. The summed E-state index contributed by atoms with van der Waals surface area (Å²) in [7, 11) is -4.23. The Bertz CT molecular complexity index is 275. The molecule has 3 N–H and O–H groups in total. The van der Waals surface area contributed by atoms with Crippen LogP contribution < -0.4 is 5.32 Å². The Balaban J connectivity index is 2.90. The summed E-state index contributed by atoms with van der Waals surface area (Å²) in [4.78, 5) is 20.7. The van der Waals surface area contributed by atoms with Crippen LogP contribution in [0.15, 0.2) is 29.5 Å². The summed E-state index contributed by atoms with van der Waals surface area (Å²) >= 11 is 0. The van der Waals surface area contributed by atoms with Gasteiger partial charge in [-0.15, -0.1) is 0 Å². The Morgan fingerprint density at radius 2 is 2.18 bits per heavy atom. The summed E-state index contributed by atoms with van der Waals surface area (Å²) in [5, 5.41) is 2.37. The lowest BCUT2D eigenvalue weighted by Crippen LogP contribution is -2.16. The Hall–Kier alpha value is -0.900. The number of rotatable bonds is 1. The Morgan fingerprint density at radius 3 is 2.82 bits per heavy atom. The van der Waals surface area contributed by atoms with Gasteiger partial charge in [-0.1, -0.05) is 0 Å². The third-order valence-corrected chi connectivity index (χ3v) is 1.77. The zero-order valence-electron chi connectivity index (χ0n) is 5.51. The van der Waals surface area contributed by atoms with E-state index in [2.05, 4.69) is 10.3 Å². The zero-order valence-corrected chi connectivity index (χ0v) is 6.40. The van der Waals surface area contributed by atoms with Gasteiger partial charge in [-0.05, 0) is 12.2 Å². The first kappa shape index (κ1) is 8.20. The molecule has 0 radical (unpaired) electrons. The van der Waals surface area contributed by atoms with Gasteiger partial charge in [-0.2, -0.15) is 0 Å². The summed E-state index contributed by atoms with van der Waals surface area (Å²) in [6.45, 7) is 0. The molecule has 0 saturated heterocycles. The van der Waals surface area contributed by atoms with Crippen LogP contribution in [0.5, 0.6) is 0 Å². The SMILES string of the molecule is O=P(O)(O)C1=NC=CC=CN1. The van der Waals surface area contributed by atoms with Gasteiger partial charge in [0.2, 0.25) is 5.58 Å². The fourth-order valence-electron chi connectivity index (χ4n) is 0.538. The maximum atomic E-state index is 10.6. The molecule has 0 spiro atoms. The van der Waals surface area contributed by atoms with Crippen LogP contribution in [0.3, 0.4) is 0 Å². The van der Waals surface area contributed by atoms with E-state index < -0.39 is 7.60 Å². The van der Waals surface area contributed by atoms with Crippen LogP contribution in [0.2, 0.25) is 0 Å². The highest BCUT2D eigenvalue weighted by atomic mass is 31.2. The lowest BCUT2D eigenvalue weighted by Gasteiger charge is -2.04. The maximum Gasteiger partial charge on any atom is 0.391 e. The second-order valence-corrected chi connectivity index (χ2v) is 3.35. The number of aliphatic imine (C=N–C) groups is 1. The second-order valence-electron chi connectivity index (χ2n) is 1.84. The average molecular weight is 174 g/mol. The van der Waals surface area contributed by atoms with E-state index in [-0.39, 0.29) is 5.58 Å². The second kappa shape index (κ2) is 3.00. The van der Waals surface area contributed by atoms with Gasteiger partial charge in [0.1, 0.15) is 0 Å². The first-order valence-electron chi connectivity index (χ1n) is 2.83. The smallest absolute Gasteiger partial charge is 0.340 e. The molecular weight excluding hydrogens is 167 g/mol. The number of amidine groups is 1. The first-order valence-corrected chi connectivity index (χ1v) is 4.44. The van der Waals surface area contributed by atoms with Crippen LogP contribution in [0.25, 0.3) is 0 Å². The number of nitrogens with zero attached hydrogens (tertiary/aromatic N) is 1. The molecule has 6 heteroatoms. The number of allylic oxidation sites excluding steroid dienone is 2. The molecule has 1 aliphatic rings. The minimum absolute atomic E-state index is 0.331. The fraction of sp³-hybridized carbons (Fsp3) is 0. The zero-order chi connectivity index (χ0) is 8.32. The van der Waals surface area contributed by atoms with Gasteiger partial charge < -0.3 is 15.1 Å². The fourth-order valence-corrected chi connectivity index (χ4v) is 0.998. The molecule has 0 atom stereocenters. The molecule has 0 aromatic heterocycles. The van der Waals surface area contributed by atoms with Crippen molar-refractivity contribution in [3.8, 4) is 0 Å². The van der Waals surface area contributed by atoms with E-state index in [1.807, 2.05) is 0 Å². The van der Waals surface area contributed by atoms with Crippen molar-refractivity contribution >= 4 is 13.2 Å². The van der Waals surface area contributed by atoms with Gasteiger partial charge in [0.15, 0.2) is 0 Å². The van der Waals surface area contributed by atoms with Crippen molar-refractivity contribution in [3.63, 3.8) is 0 Å². The van der Waals surface area contributed by atoms with Gasteiger partial charge in [0.25, 0.3) is 0 Å². The van der Waals surface area contributed by atoms with Crippen molar-refractivity contribution in [2.45, 2.75) is 0 Å². The Kier molecular flexibility index (Phi) is 2.24. The summed E-state index contributed by atoms with van der Waals surface area (Å²) in [5.41, 5.74) is -0.331. The first-order chi connectivity index (χ1) is 5.11. The molecule has 0 aromatic carbocycles. The summed E-state index contributed by atoms with van der Waals surface area (Å²) in [6.07, 6.45) is 5.87. The molecule has 60 valence electrons. The van der Waals surface area contributed by atoms with Crippen molar-refractivity contribution in [1.82, 2.24) is 5.32 Å². The number of hydrogen-bond donors (Lipinski definition) is 3. The van der Waals surface area contributed by atoms with Crippen LogP contribution in [0, 0.1) is 0 Å². The molecule has 0 unspecified atom stereocenters. The normalized spacial score (nSPS) is 17.1. The van der Waals surface area contributed by atoms with E-state index in [9.17, 15) is 4.57 Å². The monoisotopic (exact) mass is 174 g/mol. The molecule has 1 heterocycles. The third kappa shape index (κ3) is 2.31. The van der Waals surface area contributed by atoms with E-state index >= 15 is 0 Å². The molecule has 0 bridgehead atoms. The molecule has 11 heavy (non-hydrogen) atoms. The van der Waals surface area contributed by atoms with Gasteiger partial charge in [0.05, 0.1) is 0 Å². The van der Waals surface area contributed by atoms with Crippen LogP contribution in [0.1, 0.15) is 0 Å². The van der Waals surface area contributed by atoms with E-state index in [1.165, 1.54) is 12.4 Å². The molecule has 0 aliphatic carbocycles. The predicted octanol–water partition coefficient (Wildman–Crippen LogP) is 0.151. The largest absolute Gasteiger partial charge is 0.391 e. The lowest BCUT2D eigenvalue weighted by atomic mass is 10.6. The van der Waals surface area contributed by atoms with Crippen LogP contribution in [-0.4, -0.2) is 15.4 Å². The topological polar surface area (TPSA) is 81.9 Å². The van der Waals surface area contributed by atoms with Crippen LogP contribution >= 0.6 is 7.60 Å². The summed E-state index contributed by atoms with van der Waals surface area (Å²) < 4.78 is 10.6. The lowest BCUT2D eigenvalue weighted by molar-refractivity contribution is 0.390. The van der Waals surface area contributed by atoms with Gasteiger partial charge in [0, 0.05) is 12.4 Å². The number of hydrogen-bond acceptors (Lipinski definition) is 3. The van der Waals surface area contributed by atoms with Crippen LogP contribution in [0.4, 0.5) is 0 Å². The highest BCUT2D eigenvalue weighted by molar-refractivity contribution is 7.70. The highest BCUT2D eigenvalue weighted by Gasteiger charge is 2.21. The van der Waals surface area contributed by atoms with Gasteiger partial charge in [-0.3, -0.25) is 4.57 Å². The highest BCUT2D eigenvalue weighted by Crippen LogP contribution is 2.35. The third-order valence-electron chi connectivity index (χ3n) is 0.979. The molecule has 0 aromatic rings. The van der Waals surface area contributed by atoms with E-state index in [0.29, 0.717) is 0 Å². The van der Waals surface area contributed by atoms with Crippen LogP contribution in [-0.2, 0) is 4.57 Å². The maximum absolute atomic E-state index is 10.6. The average Bonchev–Trinajstić information content (AvgIpc) is 2.10. The quantitative estimate of drug-likeness (QED) is 0.494. The van der Waals surface area contributed by atoms with Crippen molar-refractivity contribution in [3.05, 3.63) is 24.6 Å². The van der Waals surface area contributed by atoms with Gasteiger partial charge >= 0.3 is 7.60 Å². The summed E-state index contributed by atoms with van der Waals surface area (Å²) in [6, 6.07) is 0. The molecule has 0 amide bonds. The molecule has 5 nitrogen and oxygen atoms in total. The minimum Gasteiger partial charge on any atom is -0.340 e. The summed E-state index contributed by atoms with van der Waals surface area (Å²) in [5.74, 6) is 0. The van der Waals surface area contributed by atoms with Crippen molar-refractivity contribution in [2.75, 3.05) is 0 Å². The predicted molar refractivity (Wildman–Crippen MR) is 40.9 cm³/mol. The van der Waals surface area contributed by atoms with Crippen molar-refractivity contribution in [2.24, 2.45) is 4.99 Å². The van der Waals surface area contributed by atoms with Crippen molar-refractivity contribution in [1.29, 1.82) is 0 Å². The van der Waals surface area contributed by atoms with Gasteiger partial charge in [-0.25, -0.2) is 4.99 Å². The van der Waals surface area contributed by atoms with Crippen molar-refractivity contribution < 1.29 is 14.4 Å². The Morgan fingerprint density at radius 1 is 1.45 bits per heavy atom. The molecular formula is C5H7N2O3P.